The number of carbonyl (C=O) groups is 2. The van der Waals surface area contributed by atoms with Gasteiger partial charge >= 0.3 is 11.9 Å². The average Bonchev–Trinajstić information content (AvgIpc) is 3.06. The molecule has 0 amide bonds. The Hall–Kier alpha value is -4.30. The molecule has 240 valence electrons. The summed E-state index contributed by atoms with van der Waals surface area (Å²) in [6.45, 7) is 6.08. The molecule has 7 nitrogen and oxygen atoms in total. The molecule has 45 heavy (non-hydrogen) atoms. The van der Waals surface area contributed by atoms with E-state index in [4.69, 9.17) is 14.6 Å². The number of likely N-dealkylation sites (N-methyl/N-ethyl adjacent to an activating group) is 2. The SMILES string of the molecule is CN[C@@H](Cc1ccccc1)C(=O)OC(C)(C)C.CN[C@@H](Cc1ccccc1)C(=O)OCc1ccccc1.OCc1ccccc1. The van der Waals surface area contributed by atoms with Crippen molar-refractivity contribution < 1.29 is 24.2 Å². The third kappa shape index (κ3) is 15.8. The highest BCUT2D eigenvalue weighted by Gasteiger charge is 2.24. The van der Waals surface area contributed by atoms with Crippen LogP contribution in [0.25, 0.3) is 0 Å². The molecule has 0 unspecified atom stereocenters. The normalized spacial score (nSPS) is 11.9. The van der Waals surface area contributed by atoms with E-state index < -0.39 is 5.60 Å². The molecule has 4 rings (SSSR count). The molecule has 0 fully saturated rings. The highest BCUT2D eigenvalue weighted by molar-refractivity contribution is 5.77. The lowest BCUT2D eigenvalue weighted by Gasteiger charge is -2.23. The molecule has 0 bridgehead atoms. The molecule has 2 atom stereocenters. The van der Waals surface area contributed by atoms with E-state index in [1.807, 2.05) is 142 Å². The van der Waals surface area contributed by atoms with Crippen LogP contribution in [0, 0.1) is 0 Å². The minimum atomic E-state index is -0.442. The van der Waals surface area contributed by atoms with Gasteiger partial charge in [-0.2, -0.15) is 0 Å². The number of ether oxygens (including phenoxy) is 2. The molecule has 0 aliphatic rings. The van der Waals surface area contributed by atoms with E-state index in [2.05, 4.69) is 10.6 Å². The Bertz CT molecular complexity index is 1340. The lowest BCUT2D eigenvalue weighted by atomic mass is 10.1. The first kappa shape index (κ1) is 36.9. The lowest BCUT2D eigenvalue weighted by molar-refractivity contribution is -0.157. The Labute approximate surface area is 268 Å². The predicted molar refractivity (Wildman–Crippen MR) is 180 cm³/mol. The van der Waals surface area contributed by atoms with E-state index in [9.17, 15) is 9.59 Å². The maximum absolute atomic E-state index is 12.1. The summed E-state index contributed by atoms with van der Waals surface area (Å²) >= 11 is 0. The fraction of sp³-hybridized carbons (Fsp3) is 0.316. The molecule has 0 heterocycles. The van der Waals surface area contributed by atoms with Crippen LogP contribution >= 0.6 is 0 Å². The number of nitrogens with one attached hydrogen (secondary N) is 2. The first-order valence-corrected chi connectivity index (χ1v) is 15.2. The van der Waals surface area contributed by atoms with Crippen molar-refractivity contribution in [2.24, 2.45) is 0 Å². The number of aliphatic hydroxyl groups is 1. The Morgan fingerprint density at radius 2 is 0.956 bits per heavy atom. The van der Waals surface area contributed by atoms with Gasteiger partial charge in [-0.15, -0.1) is 0 Å². The van der Waals surface area contributed by atoms with Crippen LogP contribution in [0.3, 0.4) is 0 Å². The highest BCUT2D eigenvalue weighted by atomic mass is 16.6. The molecule has 7 heteroatoms. The van der Waals surface area contributed by atoms with E-state index in [0.717, 1.165) is 22.3 Å². The van der Waals surface area contributed by atoms with Gasteiger partial charge in [-0.3, -0.25) is 9.59 Å². The molecular weight excluding hydrogens is 564 g/mol. The van der Waals surface area contributed by atoms with Crippen molar-refractivity contribution >= 4 is 11.9 Å². The van der Waals surface area contributed by atoms with Crippen LogP contribution in [-0.4, -0.2) is 48.8 Å². The van der Waals surface area contributed by atoms with E-state index in [0.29, 0.717) is 19.4 Å². The molecule has 0 saturated carbocycles. The number of hydrogen-bond donors (Lipinski definition) is 3. The van der Waals surface area contributed by atoms with Crippen molar-refractivity contribution in [3.8, 4) is 0 Å². The Morgan fingerprint density at radius 3 is 1.29 bits per heavy atom. The Morgan fingerprint density at radius 1 is 0.600 bits per heavy atom. The average molecular weight is 613 g/mol. The fourth-order valence-electron chi connectivity index (χ4n) is 4.09. The summed E-state index contributed by atoms with van der Waals surface area (Å²) in [4.78, 5) is 24.0. The van der Waals surface area contributed by atoms with Gasteiger partial charge in [0.05, 0.1) is 6.61 Å². The number of rotatable bonds is 11. The fourth-order valence-corrected chi connectivity index (χ4v) is 4.09. The zero-order chi connectivity index (χ0) is 32.9. The van der Waals surface area contributed by atoms with Crippen LogP contribution in [0.2, 0.25) is 0 Å². The summed E-state index contributed by atoms with van der Waals surface area (Å²) in [7, 11) is 3.55. The van der Waals surface area contributed by atoms with Gasteiger partial charge in [-0.1, -0.05) is 121 Å². The maximum Gasteiger partial charge on any atom is 0.323 e. The molecular formula is C38H48N2O5. The minimum Gasteiger partial charge on any atom is -0.460 e. The topological polar surface area (TPSA) is 96.9 Å². The first-order valence-electron chi connectivity index (χ1n) is 15.2. The molecule has 4 aromatic rings. The van der Waals surface area contributed by atoms with E-state index >= 15 is 0 Å². The lowest BCUT2D eigenvalue weighted by Crippen LogP contribution is -2.41. The molecule has 0 aliphatic heterocycles. The summed E-state index contributed by atoms with van der Waals surface area (Å²) in [6.07, 6.45) is 1.28. The van der Waals surface area contributed by atoms with E-state index in [-0.39, 0.29) is 30.6 Å². The van der Waals surface area contributed by atoms with Gasteiger partial charge in [0.1, 0.15) is 24.3 Å². The standard InChI is InChI=1S/C17H19NO2.C14H21NO2.C7H8O/c1-18-16(12-14-8-4-2-5-9-14)17(19)20-13-15-10-6-3-7-11-15;1-14(2,3)17-13(16)12(15-4)10-11-8-6-5-7-9-11;8-6-7-4-2-1-3-5-7/h2-11,16,18H,12-13H2,1H3;5-9,12,15H,10H2,1-4H3;1-5,8H,6H2/t16-;12-;/m00./s1. The molecule has 3 N–H and O–H groups in total. The van der Waals surface area contributed by atoms with Crippen molar-refractivity contribution in [1.82, 2.24) is 10.6 Å². The zero-order valence-corrected chi connectivity index (χ0v) is 27.1. The Kier molecular flexibility index (Phi) is 16.9. The van der Waals surface area contributed by atoms with Crippen molar-refractivity contribution in [3.05, 3.63) is 144 Å². The third-order valence-corrected chi connectivity index (χ3v) is 6.49. The van der Waals surface area contributed by atoms with Crippen LogP contribution in [0.4, 0.5) is 0 Å². The highest BCUT2D eigenvalue weighted by Crippen LogP contribution is 2.11. The summed E-state index contributed by atoms with van der Waals surface area (Å²) in [5.74, 6) is -0.427. The second-order valence-corrected chi connectivity index (χ2v) is 11.3. The second-order valence-electron chi connectivity index (χ2n) is 11.3. The van der Waals surface area contributed by atoms with Gasteiger partial charge in [0.2, 0.25) is 0 Å². The van der Waals surface area contributed by atoms with Gasteiger partial charge in [0.25, 0.3) is 0 Å². The van der Waals surface area contributed by atoms with Gasteiger partial charge < -0.3 is 25.2 Å². The number of esters is 2. The van der Waals surface area contributed by atoms with Crippen molar-refractivity contribution in [3.63, 3.8) is 0 Å². The van der Waals surface area contributed by atoms with Gasteiger partial charge in [-0.25, -0.2) is 0 Å². The van der Waals surface area contributed by atoms with Gasteiger partial charge in [0, 0.05) is 0 Å². The third-order valence-electron chi connectivity index (χ3n) is 6.49. The molecule has 0 aliphatic carbocycles. The van der Waals surface area contributed by atoms with Crippen LogP contribution in [-0.2, 0) is 45.1 Å². The number of aliphatic hydroxyl groups excluding tert-OH is 1. The minimum absolute atomic E-state index is 0.140. The van der Waals surface area contributed by atoms with Crippen LogP contribution in [0.5, 0.6) is 0 Å². The monoisotopic (exact) mass is 612 g/mol. The van der Waals surface area contributed by atoms with Gasteiger partial charge in [-0.05, 0) is 70.0 Å². The summed E-state index contributed by atoms with van der Waals surface area (Å²) in [6, 6.07) is 38.4. The van der Waals surface area contributed by atoms with Crippen LogP contribution < -0.4 is 10.6 Å². The second kappa shape index (κ2) is 20.6. The van der Waals surface area contributed by atoms with E-state index in [1.54, 1.807) is 14.1 Å². The number of hydrogen-bond acceptors (Lipinski definition) is 7. The van der Waals surface area contributed by atoms with Crippen molar-refractivity contribution in [2.75, 3.05) is 14.1 Å². The number of benzene rings is 4. The molecule has 0 saturated heterocycles. The maximum atomic E-state index is 12.1. The van der Waals surface area contributed by atoms with Crippen LogP contribution in [0.1, 0.15) is 43.0 Å². The summed E-state index contributed by atoms with van der Waals surface area (Å²) in [5, 5.41) is 14.5. The van der Waals surface area contributed by atoms with Crippen molar-refractivity contribution in [1.29, 1.82) is 0 Å². The summed E-state index contributed by atoms with van der Waals surface area (Å²) < 4.78 is 10.7. The van der Waals surface area contributed by atoms with E-state index in [1.165, 1.54) is 0 Å². The molecule has 0 aromatic heterocycles. The van der Waals surface area contributed by atoms with Crippen LogP contribution in [0.15, 0.2) is 121 Å². The van der Waals surface area contributed by atoms with Gasteiger partial charge in [0.15, 0.2) is 0 Å². The smallest absolute Gasteiger partial charge is 0.323 e. The largest absolute Gasteiger partial charge is 0.460 e. The summed E-state index contributed by atoms with van der Waals surface area (Å²) in [5.41, 5.74) is 3.76. The zero-order valence-electron chi connectivity index (χ0n) is 27.1. The quantitative estimate of drug-likeness (QED) is 0.182. The predicted octanol–water partition coefficient (Wildman–Crippen LogP) is 5.90. The molecule has 4 aromatic carbocycles. The first-order chi connectivity index (χ1) is 21.6. The number of carbonyl (C=O) groups excluding carboxylic acids is 2. The Balaban J connectivity index is 0.000000255. The van der Waals surface area contributed by atoms with Crippen molar-refractivity contribution in [2.45, 2.75) is 64.5 Å². The molecule has 0 spiro atoms. The molecule has 0 radical (unpaired) electrons.